The summed E-state index contributed by atoms with van der Waals surface area (Å²) in [6, 6.07) is 20.4. The topological polar surface area (TPSA) is 79.7 Å². The molecule has 42 heavy (non-hydrogen) atoms. The second-order valence-electron chi connectivity index (χ2n) is 10.6. The maximum atomic E-state index is 15.5. The summed E-state index contributed by atoms with van der Waals surface area (Å²) in [5.41, 5.74) is 4.68. The van der Waals surface area contributed by atoms with Crippen LogP contribution < -0.4 is 15.1 Å². The molecule has 4 aromatic rings. The van der Waals surface area contributed by atoms with E-state index in [2.05, 4.69) is 34.2 Å². The van der Waals surface area contributed by atoms with Crippen molar-refractivity contribution in [3.05, 3.63) is 95.2 Å². The molecular formula is C33H36FN5O3. The second-order valence-corrected chi connectivity index (χ2v) is 10.6. The summed E-state index contributed by atoms with van der Waals surface area (Å²) in [7, 11) is 1.53. The normalized spacial score (nSPS) is 13.4. The van der Waals surface area contributed by atoms with E-state index in [1.54, 1.807) is 43.3 Å². The zero-order valence-corrected chi connectivity index (χ0v) is 24.5. The van der Waals surface area contributed by atoms with Gasteiger partial charge in [0, 0.05) is 62.5 Å². The predicted molar refractivity (Wildman–Crippen MR) is 164 cm³/mol. The minimum absolute atomic E-state index is 0.0125. The molecule has 0 aliphatic carbocycles. The SMILES string of the molecule is COCCn1c(C)c(F)c(-c2ccccc2)c1C(=O)C(=O)Nc1ccc(N2CCN(c3cc(C)cc(C)n3)CC2)cc1. The molecule has 0 spiro atoms. The third kappa shape index (κ3) is 6.06. The first-order valence-corrected chi connectivity index (χ1v) is 14.1. The number of nitrogens with zero attached hydrogens (tertiary/aromatic N) is 4. The second kappa shape index (κ2) is 12.6. The Morgan fingerprint density at radius 2 is 1.60 bits per heavy atom. The molecule has 9 heteroatoms. The zero-order valence-electron chi connectivity index (χ0n) is 24.5. The number of carbonyl (C=O) groups is 2. The first kappa shape index (κ1) is 29.0. The van der Waals surface area contributed by atoms with Gasteiger partial charge in [-0.05, 0) is 68.3 Å². The summed E-state index contributed by atoms with van der Waals surface area (Å²) in [6.45, 7) is 9.59. The van der Waals surface area contributed by atoms with E-state index < -0.39 is 17.5 Å². The predicted octanol–water partition coefficient (Wildman–Crippen LogP) is 5.41. The molecule has 0 radical (unpaired) electrons. The number of carbonyl (C=O) groups excluding carboxylic acids is 2. The average molecular weight is 570 g/mol. The molecule has 8 nitrogen and oxygen atoms in total. The number of methoxy groups -OCH3 is 1. The third-order valence-corrected chi connectivity index (χ3v) is 7.63. The van der Waals surface area contributed by atoms with E-state index in [1.807, 2.05) is 25.1 Å². The number of halogens is 1. The molecule has 1 saturated heterocycles. The van der Waals surface area contributed by atoms with E-state index in [4.69, 9.17) is 9.72 Å². The Balaban J connectivity index is 1.29. The molecule has 0 bridgehead atoms. The van der Waals surface area contributed by atoms with Gasteiger partial charge >= 0.3 is 0 Å². The van der Waals surface area contributed by atoms with Crippen LogP contribution in [0, 0.1) is 26.6 Å². The van der Waals surface area contributed by atoms with Crippen molar-refractivity contribution < 1.29 is 18.7 Å². The Labute approximate surface area is 245 Å². The third-order valence-electron chi connectivity index (χ3n) is 7.63. The number of pyridine rings is 1. The number of hydrogen-bond donors (Lipinski definition) is 1. The molecule has 218 valence electrons. The number of aromatic nitrogens is 2. The van der Waals surface area contributed by atoms with E-state index in [0.29, 0.717) is 11.3 Å². The van der Waals surface area contributed by atoms with Crippen LogP contribution in [-0.4, -0.2) is 61.1 Å². The fourth-order valence-electron chi connectivity index (χ4n) is 5.50. The van der Waals surface area contributed by atoms with Gasteiger partial charge in [0.2, 0.25) is 0 Å². The highest BCUT2D eigenvalue weighted by Gasteiger charge is 2.30. The van der Waals surface area contributed by atoms with E-state index in [0.717, 1.165) is 43.4 Å². The number of ether oxygens (including phenoxy) is 1. The van der Waals surface area contributed by atoms with E-state index >= 15 is 4.39 Å². The van der Waals surface area contributed by atoms with E-state index in [-0.39, 0.29) is 30.1 Å². The highest BCUT2D eigenvalue weighted by Crippen LogP contribution is 2.32. The van der Waals surface area contributed by atoms with Gasteiger partial charge in [0.05, 0.1) is 12.3 Å². The monoisotopic (exact) mass is 569 g/mol. The molecular weight excluding hydrogens is 533 g/mol. The van der Waals surface area contributed by atoms with Crippen molar-refractivity contribution in [2.75, 3.05) is 55.0 Å². The molecule has 2 aromatic carbocycles. The lowest BCUT2D eigenvalue weighted by atomic mass is 10.0. The van der Waals surface area contributed by atoms with E-state index in [9.17, 15) is 9.59 Å². The van der Waals surface area contributed by atoms with E-state index in [1.165, 1.54) is 17.2 Å². The van der Waals surface area contributed by atoms with Crippen molar-refractivity contribution in [2.45, 2.75) is 27.3 Å². The Kier molecular flexibility index (Phi) is 8.68. The van der Waals surface area contributed by atoms with Gasteiger partial charge in [0.1, 0.15) is 11.5 Å². The fraction of sp³-hybridized carbons (Fsp3) is 0.303. The number of benzene rings is 2. The number of anilines is 3. The van der Waals surface area contributed by atoms with Crippen molar-refractivity contribution in [1.82, 2.24) is 9.55 Å². The molecule has 1 fully saturated rings. The first-order valence-electron chi connectivity index (χ1n) is 14.1. The number of rotatable bonds is 9. The molecule has 1 N–H and O–H groups in total. The number of amides is 1. The van der Waals surface area contributed by atoms with Crippen LogP contribution in [0.1, 0.15) is 27.4 Å². The number of aryl methyl sites for hydroxylation is 2. The smallest absolute Gasteiger partial charge is 0.298 e. The molecule has 1 amide bonds. The number of nitrogens with one attached hydrogen (secondary N) is 1. The minimum Gasteiger partial charge on any atom is -0.383 e. The van der Waals surface area contributed by atoms with Crippen LogP contribution in [0.4, 0.5) is 21.6 Å². The molecule has 5 rings (SSSR count). The van der Waals surface area contributed by atoms with Crippen LogP contribution in [0.2, 0.25) is 0 Å². The number of Topliss-reactive ketones (excluding diaryl/α,β-unsaturated/α-hetero) is 1. The standard InChI is InChI=1S/C33H36FN5O3/c1-22-20-23(2)35-28(21-22)38-16-14-37(15-17-38)27-12-10-26(11-13-27)36-33(41)32(40)31-29(25-8-6-5-7-9-25)30(34)24(3)39(31)18-19-42-4/h5-13,20-21H,14-19H2,1-4H3,(H,36,41). The lowest BCUT2D eigenvalue weighted by Crippen LogP contribution is -2.46. The van der Waals surface area contributed by atoms with Gasteiger partial charge < -0.3 is 24.4 Å². The van der Waals surface area contributed by atoms with Crippen molar-refractivity contribution >= 4 is 28.9 Å². The quantitative estimate of drug-likeness (QED) is 0.215. The van der Waals surface area contributed by atoms with Crippen molar-refractivity contribution in [2.24, 2.45) is 0 Å². The molecule has 2 aromatic heterocycles. The van der Waals surface area contributed by atoms with Gasteiger partial charge in [-0.3, -0.25) is 9.59 Å². The van der Waals surface area contributed by atoms with Gasteiger partial charge in [-0.15, -0.1) is 0 Å². The van der Waals surface area contributed by atoms with Crippen LogP contribution in [0.15, 0.2) is 66.7 Å². The van der Waals surface area contributed by atoms with Gasteiger partial charge in [-0.1, -0.05) is 30.3 Å². The molecule has 1 aliphatic rings. The van der Waals surface area contributed by atoms with Gasteiger partial charge in [-0.2, -0.15) is 0 Å². The Morgan fingerprint density at radius 1 is 0.929 bits per heavy atom. The Morgan fingerprint density at radius 3 is 2.24 bits per heavy atom. The number of ketones is 1. The van der Waals surface area contributed by atoms with Crippen molar-refractivity contribution in [3.63, 3.8) is 0 Å². The summed E-state index contributed by atoms with van der Waals surface area (Å²) in [6.07, 6.45) is 0. The summed E-state index contributed by atoms with van der Waals surface area (Å²) in [4.78, 5) is 36.0. The molecule has 3 heterocycles. The van der Waals surface area contributed by atoms with Crippen LogP contribution in [0.3, 0.4) is 0 Å². The average Bonchev–Trinajstić information content (AvgIpc) is 3.25. The summed E-state index contributed by atoms with van der Waals surface area (Å²) in [5.74, 6) is -1.15. The molecule has 1 aliphatic heterocycles. The van der Waals surface area contributed by atoms with Crippen molar-refractivity contribution in [1.29, 1.82) is 0 Å². The molecule has 0 unspecified atom stereocenters. The van der Waals surface area contributed by atoms with Crippen LogP contribution in [0.5, 0.6) is 0 Å². The maximum Gasteiger partial charge on any atom is 0.298 e. The highest BCUT2D eigenvalue weighted by molar-refractivity contribution is 6.47. The highest BCUT2D eigenvalue weighted by atomic mass is 19.1. The van der Waals surface area contributed by atoms with Crippen LogP contribution >= 0.6 is 0 Å². The largest absolute Gasteiger partial charge is 0.383 e. The lowest BCUT2D eigenvalue weighted by Gasteiger charge is -2.37. The summed E-state index contributed by atoms with van der Waals surface area (Å²) >= 11 is 0. The first-order chi connectivity index (χ1) is 20.3. The minimum atomic E-state index is -0.828. The van der Waals surface area contributed by atoms with Crippen LogP contribution in [-0.2, 0) is 16.1 Å². The zero-order chi connectivity index (χ0) is 29.8. The Hall–Kier alpha value is -4.50. The van der Waals surface area contributed by atoms with Gasteiger partial charge in [0.15, 0.2) is 5.82 Å². The van der Waals surface area contributed by atoms with Gasteiger partial charge in [-0.25, -0.2) is 9.37 Å². The molecule has 0 atom stereocenters. The van der Waals surface area contributed by atoms with Crippen molar-refractivity contribution in [3.8, 4) is 11.1 Å². The summed E-state index contributed by atoms with van der Waals surface area (Å²) in [5, 5.41) is 2.71. The fourth-order valence-corrected chi connectivity index (χ4v) is 5.50. The van der Waals surface area contributed by atoms with Gasteiger partial charge in [0.25, 0.3) is 11.7 Å². The lowest BCUT2D eigenvalue weighted by molar-refractivity contribution is -0.112. The number of hydrogen-bond acceptors (Lipinski definition) is 6. The Bertz CT molecular complexity index is 1560. The molecule has 0 saturated carbocycles. The number of piperazine rings is 1. The summed E-state index contributed by atoms with van der Waals surface area (Å²) < 4.78 is 22.2. The maximum absolute atomic E-state index is 15.5. The van der Waals surface area contributed by atoms with Crippen LogP contribution in [0.25, 0.3) is 11.1 Å².